The SMILES string of the molecule is O=C(O)C(O)C(NOCc1ccccc1)c1ccccc1. The zero-order valence-corrected chi connectivity index (χ0v) is 11.3. The summed E-state index contributed by atoms with van der Waals surface area (Å²) in [6.45, 7) is 0.274. The maximum atomic E-state index is 11.0. The van der Waals surface area contributed by atoms with Crippen LogP contribution in [0.2, 0.25) is 0 Å². The Hall–Kier alpha value is -2.21. The number of rotatable bonds is 7. The third-order valence-corrected chi connectivity index (χ3v) is 3.02. The van der Waals surface area contributed by atoms with E-state index in [1.807, 2.05) is 36.4 Å². The van der Waals surface area contributed by atoms with Crippen LogP contribution < -0.4 is 5.48 Å². The van der Waals surface area contributed by atoms with Crippen LogP contribution in [0.5, 0.6) is 0 Å². The molecule has 2 rings (SSSR count). The average molecular weight is 287 g/mol. The van der Waals surface area contributed by atoms with Gasteiger partial charge in [-0.3, -0.25) is 4.84 Å². The van der Waals surface area contributed by atoms with Crippen molar-refractivity contribution in [3.8, 4) is 0 Å². The van der Waals surface area contributed by atoms with E-state index in [-0.39, 0.29) is 6.61 Å². The van der Waals surface area contributed by atoms with Gasteiger partial charge in [-0.2, -0.15) is 5.48 Å². The van der Waals surface area contributed by atoms with Gasteiger partial charge in [-0.25, -0.2) is 4.79 Å². The van der Waals surface area contributed by atoms with Crippen LogP contribution in [0.25, 0.3) is 0 Å². The van der Waals surface area contributed by atoms with E-state index in [1.54, 1.807) is 24.3 Å². The smallest absolute Gasteiger partial charge is 0.334 e. The molecule has 2 aromatic rings. The van der Waals surface area contributed by atoms with Crippen molar-refractivity contribution in [3.05, 3.63) is 71.8 Å². The fraction of sp³-hybridized carbons (Fsp3) is 0.188. The second-order valence-electron chi connectivity index (χ2n) is 4.56. The Kier molecular flexibility index (Phi) is 5.45. The lowest BCUT2D eigenvalue weighted by molar-refractivity contribution is -0.151. The van der Waals surface area contributed by atoms with Gasteiger partial charge in [0.15, 0.2) is 6.10 Å². The number of carbonyl (C=O) groups is 1. The minimum atomic E-state index is -1.59. The van der Waals surface area contributed by atoms with Gasteiger partial charge in [-0.05, 0) is 11.1 Å². The number of aliphatic hydroxyl groups is 1. The van der Waals surface area contributed by atoms with Gasteiger partial charge in [0.05, 0.1) is 12.6 Å². The molecule has 0 amide bonds. The molecule has 0 spiro atoms. The van der Waals surface area contributed by atoms with Gasteiger partial charge < -0.3 is 10.2 Å². The van der Waals surface area contributed by atoms with Gasteiger partial charge >= 0.3 is 5.97 Å². The fourth-order valence-electron chi connectivity index (χ4n) is 1.91. The van der Waals surface area contributed by atoms with Crippen molar-refractivity contribution in [1.29, 1.82) is 0 Å². The molecular formula is C16H17NO4. The summed E-state index contributed by atoms with van der Waals surface area (Å²) in [6, 6.07) is 17.5. The zero-order valence-electron chi connectivity index (χ0n) is 11.3. The molecule has 5 nitrogen and oxygen atoms in total. The Labute approximate surface area is 122 Å². The number of aliphatic hydroxyl groups excluding tert-OH is 1. The molecule has 0 saturated heterocycles. The van der Waals surface area contributed by atoms with E-state index in [2.05, 4.69) is 5.48 Å². The number of carboxylic acid groups (broad SMARTS) is 1. The van der Waals surface area contributed by atoms with Crippen molar-refractivity contribution in [1.82, 2.24) is 5.48 Å². The van der Waals surface area contributed by atoms with E-state index in [1.165, 1.54) is 0 Å². The van der Waals surface area contributed by atoms with E-state index in [9.17, 15) is 9.90 Å². The summed E-state index contributed by atoms with van der Waals surface area (Å²) < 4.78 is 0. The number of carboxylic acids is 1. The third-order valence-electron chi connectivity index (χ3n) is 3.02. The summed E-state index contributed by atoms with van der Waals surface area (Å²) in [6.07, 6.45) is -1.59. The van der Waals surface area contributed by atoms with Crippen LogP contribution in [-0.4, -0.2) is 22.3 Å². The molecule has 0 aliphatic heterocycles. The predicted molar refractivity (Wildman–Crippen MR) is 77.2 cm³/mol. The molecule has 0 aliphatic rings. The third kappa shape index (κ3) is 4.39. The molecule has 2 atom stereocenters. The van der Waals surface area contributed by atoms with E-state index in [0.717, 1.165) is 5.56 Å². The first-order valence-electron chi connectivity index (χ1n) is 6.55. The Bertz CT molecular complexity index is 559. The molecule has 5 heteroatoms. The number of hydrogen-bond donors (Lipinski definition) is 3. The lowest BCUT2D eigenvalue weighted by atomic mass is 10.0. The molecule has 2 aromatic carbocycles. The van der Waals surface area contributed by atoms with Crippen molar-refractivity contribution >= 4 is 5.97 Å². The molecule has 0 heterocycles. The average Bonchev–Trinajstić information content (AvgIpc) is 2.53. The maximum absolute atomic E-state index is 11.0. The van der Waals surface area contributed by atoms with E-state index < -0.39 is 18.1 Å². The molecule has 0 saturated carbocycles. The summed E-state index contributed by atoms with van der Waals surface area (Å²) in [5.41, 5.74) is 4.22. The first-order valence-corrected chi connectivity index (χ1v) is 6.55. The summed E-state index contributed by atoms with van der Waals surface area (Å²) in [5, 5.41) is 18.8. The summed E-state index contributed by atoms with van der Waals surface area (Å²) in [7, 11) is 0. The highest BCUT2D eigenvalue weighted by Gasteiger charge is 2.27. The highest BCUT2D eigenvalue weighted by atomic mass is 16.6. The largest absolute Gasteiger partial charge is 0.479 e. The molecule has 0 aliphatic carbocycles. The van der Waals surface area contributed by atoms with E-state index in [0.29, 0.717) is 5.56 Å². The van der Waals surface area contributed by atoms with E-state index in [4.69, 9.17) is 9.94 Å². The van der Waals surface area contributed by atoms with Crippen molar-refractivity contribution in [3.63, 3.8) is 0 Å². The maximum Gasteiger partial charge on any atom is 0.334 e. The molecule has 3 N–H and O–H groups in total. The quantitative estimate of drug-likeness (QED) is 0.678. The van der Waals surface area contributed by atoms with Gasteiger partial charge in [0.25, 0.3) is 0 Å². The van der Waals surface area contributed by atoms with Crippen LogP contribution in [0.15, 0.2) is 60.7 Å². The molecule has 0 fully saturated rings. The number of hydrogen-bond acceptors (Lipinski definition) is 4. The topological polar surface area (TPSA) is 78.8 Å². The second-order valence-corrected chi connectivity index (χ2v) is 4.56. The number of aliphatic carboxylic acids is 1. The summed E-state index contributed by atoms with van der Waals surface area (Å²) >= 11 is 0. The Balaban J connectivity index is 2.01. The van der Waals surface area contributed by atoms with Crippen LogP contribution >= 0.6 is 0 Å². The van der Waals surface area contributed by atoms with Gasteiger partial charge in [0.2, 0.25) is 0 Å². The normalized spacial score (nSPS) is 13.6. The molecule has 0 bridgehead atoms. The summed E-state index contributed by atoms with van der Waals surface area (Å²) in [4.78, 5) is 16.3. The van der Waals surface area contributed by atoms with Gasteiger partial charge in [0.1, 0.15) is 0 Å². The van der Waals surface area contributed by atoms with Crippen molar-refractivity contribution in [2.45, 2.75) is 18.8 Å². The molecular weight excluding hydrogens is 270 g/mol. The lowest BCUT2D eigenvalue weighted by Gasteiger charge is -2.21. The first kappa shape index (κ1) is 15.2. The highest BCUT2D eigenvalue weighted by molar-refractivity contribution is 5.73. The minimum absolute atomic E-state index is 0.274. The van der Waals surface area contributed by atoms with Crippen molar-refractivity contribution in [2.24, 2.45) is 0 Å². The van der Waals surface area contributed by atoms with Crippen LogP contribution in [0.4, 0.5) is 0 Å². The first-order chi connectivity index (χ1) is 10.2. The van der Waals surface area contributed by atoms with Crippen LogP contribution in [0, 0.1) is 0 Å². The molecule has 0 radical (unpaired) electrons. The van der Waals surface area contributed by atoms with Crippen LogP contribution in [-0.2, 0) is 16.2 Å². The van der Waals surface area contributed by atoms with Crippen molar-refractivity contribution < 1.29 is 19.8 Å². The molecule has 0 aromatic heterocycles. The van der Waals surface area contributed by atoms with Crippen LogP contribution in [0.1, 0.15) is 17.2 Å². The standard InChI is InChI=1S/C16H17NO4/c18-15(16(19)20)14(13-9-5-2-6-10-13)17-21-11-12-7-3-1-4-8-12/h1-10,14-15,17-18H,11H2,(H,19,20). The Morgan fingerprint density at radius 2 is 1.62 bits per heavy atom. The lowest BCUT2D eigenvalue weighted by Crippen LogP contribution is -2.37. The Morgan fingerprint density at radius 3 is 2.19 bits per heavy atom. The molecule has 110 valence electrons. The van der Waals surface area contributed by atoms with Gasteiger partial charge in [-0.1, -0.05) is 60.7 Å². The predicted octanol–water partition coefficient (Wildman–Crippen LogP) is 1.89. The second kappa shape index (κ2) is 7.54. The fourth-order valence-corrected chi connectivity index (χ4v) is 1.91. The number of benzene rings is 2. The van der Waals surface area contributed by atoms with Crippen LogP contribution in [0.3, 0.4) is 0 Å². The molecule has 21 heavy (non-hydrogen) atoms. The number of hydroxylamine groups is 1. The number of nitrogens with one attached hydrogen (secondary N) is 1. The molecule has 2 unspecified atom stereocenters. The summed E-state index contributed by atoms with van der Waals surface area (Å²) in [5.74, 6) is -1.31. The highest BCUT2D eigenvalue weighted by Crippen LogP contribution is 2.17. The van der Waals surface area contributed by atoms with Gasteiger partial charge in [0, 0.05) is 0 Å². The van der Waals surface area contributed by atoms with Gasteiger partial charge in [-0.15, -0.1) is 0 Å². The minimum Gasteiger partial charge on any atom is -0.479 e. The monoisotopic (exact) mass is 287 g/mol. The van der Waals surface area contributed by atoms with Crippen molar-refractivity contribution in [2.75, 3.05) is 0 Å². The Morgan fingerprint density at radius 1 is 1.05 bits per heavy atom. The zero-order chi connectivity index (χ0) is 15.1. The van der Waals surface area contributed by atoms with E-state index >= 15 is 0 Å².